The Bertz CT molecular complexity index is 252. The van der Waals surface area contributed by atoms with Gasteiger partial charge in [0.1, 0.15) is 0 Å². The van der Waals surface area contributed by atoms with Crippen molar-refractivity contribution in [3.63, 3.8) is 0 Å². The van der Waals surface area contributed by atoms with Crippen LogP contribution in [-0.4, -0.2) is 27.5 Å². The molecule has 76 valence electrons. The molecule has 0 amide bonds. The van der Waals surface area contributed by atoms with Crippen molar-refractivity contribution < 1.29 is 28.8 Å². The van der Waals surface area contributed by atoms with Gasteiger partial charge >= 0.3 is 13.8 Å². The van der Waals surface area contributed by atoms with Crippen LogP contribution in [0, 0.1) is 0 Å². The summed E-state index contributed by atoms with van der Waals surface area (Å²) >= 11 is 0. The molecule has 0 bridgehead atoms. The van der Waals surface area contributed by atoms with Gasteiger partial charge in [-0.15, -0.1) is 0 Å². The summed E-state index contributed by atoms with van der Waals surface area (Å²) < 4.78 is 14.0. The first-order valence-electron chi connectivity index (χ1n) is 3.44. The Morgan fingerprint density at radius 3 is 2.46 bits per heavy atom. The van der Waals surface area contributed by atoms with Gasteiger partial charge in [0.05, 0.1) is 0 Å². The molecule has 3 N–H and O–H groups in total. The summed E-state index contributed by atoms with van der Waals surface area (Å²) in [6, 6.07) is 0. The van der Waals surface area contributed by atoms with E-state index in [4.69, 9.17) is 14.9 Å². The lowest BCUT2D eigenvalue weighted by Crippen LogP contribution is -2.03. The van der Waals surface area contributed by atoms with E-state index in [0.29, 0.717) is 0 Å². The predicted molar refractivity (Wildman–Crippen MR) is 43.6 cm³/mol. The van der Waals surface area contributed by atoms with E-state index >= 15 is 0 Å². The number of carbonyl (C=O) groups is 1. The molecule has 0 saturated heterocycles. The molecule has 0 saturated carbocycles. The van der Waals surface area contributed by atoms with Crippen LogP contribution < -0.4 is 0 Å². The normalized spacial score (nSPS) is 12.8. The second-order valence-corrected chi connectivity index (χ2v) is 3.43. The smallest absolute Gasteiger partial charge is 0.396 e. The van der Waals surface area contributed by atoms with Gasteiger partial charge in [0.15, 0.2) is 0 Å². The van der Waals surface area contributed by atoms with Crippen molar-refractivity contribution in [2.75, 3.05) is 6.61 Å². The third-order valence-electron chi connectivity index (χ3n) is 1.10. The second-order valence-electron chi connectivity index (χ2n) is 2.27. The number of phosphoric ester groups is 1. The third-order valence-corrected chi connectivity index (χ3v) is 1.51. The molecule has 0 heterocycles. The fraction of sp³-hybridized carbons (Fsp3) is 0.500. The van der Waals surface area contributed by atoms with Crippen LogP contribution in [0.15, 0.2) is 11.6 Å². The van der Waals surface area contributed by atoms with Crippen LogP contribution in [0.3, 0.4) is 0 Å². The number of aliphatic hydroxyl groups is 1. The molecular weight excluding hydrogens is 199 g/mol. The second kappa shape index (κ2) is 5.14. The molecule has 0 spiro atoms. The maximum Gasteiger partial charge on any atom is 0.527 e. The summed E-state index contributed by atoms with van der Waals surface area (Å²) in [5, 5.41) is 8.38. The molecule has 0 atom stereocenters. The van der Waals surface area contributed by atoms with E-state index in [1.165, 1.54) is 13.0 Å². The van der Waals surface area contributed by atoms with Crippen LogP contribution >= 0.6 is 7.82 Å². The zero-order valence-corrected chi connectivity index (χ0v) is 7.90. The van der Waals surface area contributed by atoms with Crippen molar-refractivity contribution in [2.45, 2.75) is 13.3 Å². The van der Waals surface area contributed by atoms with Crippen LogP contribution in [0.4, 0.5) is 0 Å². The molecule has 0 aliphatic carbocycles. The number of rotatable bonds is 4. The summed E-state index contributed by atoms with van der Waals surface area (Å²) in [4.78, 5) is 27.3. The maximum atomic E-state index is 10.8. The van der Waals surface area contributed by atoms with Crippen molar-refractivity contribution in [1.29, 1.82) is 0 Å². The molecule has 7 heteroatoms. The van der Waals surface area contributed by atoms with Gasteiger partial charge in [0, 0.05) is 12.2 Å². The molecule has 0 radical (unpaired) electrons. The van der Waals surface area contributed by atoms with E-state index in [-0.39, 0.29) is 18.6 Å². The Morgan fingerprint density at radius 2 is 2.08 bits per heavy atom. The molecule has 0 rings (SSSR count). The topological polar surface area (TPSA) is 104 Å². The highest BCUT2D eigenvalue weighted by Gasteiger charge is 2.20. The van der Waals surface area contributed by atoms with Crippen LogP contribution in [0.25, 0.3) is 0 Å². The molecule has 0 aromatic heterocycles. The molecular formula is C6H11O6P. The van der Waals surface area contributed by atoms with Gasteiger partial charge in [0.2, 0.25) is 0 Å². The Labute approximate surface area is 75.1 Å². The van der Waals surface area contributed by atoms with E-state index in [1.807, 2.05) is 0 Å². The molecule has 0 unspecified atom stereocenters. The number of hydrogen-bond donors (Lipinski definition) is 3. The minimum atomic E-state index is -4.76. The summed E-state index contributed by atoms with van der Waals surface area (Å²) in [5.74, 6) is -1.08. The predicted octanol–water partition coefficient (Wildman–Crippen LogP) is -0.0490. The lowest BCUT2D eigenvalue weighted by atomic mass is 10.2. The Balaban J connectivity index is 4.20. The van der Waals surface area contributed by atoms with Gasteiger partial charge in [-0.2, -0.15) is 0 Å². The maximum absolute atomic E-state index is 10.8. The van der Waals surface area contributed by atoms with E-state index in [2.05, 4.69) is 4.52 Å². The zero-order chi connectivity index (χ0) is 10.5. The van der Waals surface area contributed by atoms with E-state index in [9.17, 15) is 9.36 Å². The Morgan fingerprint density at radius 1 is 1.54 bits per heavy atom. The Kier molecular flexibility index (Phi) is 4.87. The molecule has 13 heavy (non-hydrogen) atoms. The zero-order valence-electron chi connectivity index (χ0n) is 7.01. The van der Waals surface area contributed by atoms with Crippen LogP contribution in [0.2, 0.25) is 0 Å². The highest BCUT2D eigenvalue weighted by Crippen LogP contribution is 2.36. The molecule has 0 aliphatic heterocycles. The third kappa shape index (κ3) is 6.48. The van der Waals surface area contributed by atoms with Gasteiger partial charge in [-0.25, -0.2) is 9.36 Å². The van der Waals surface area contributed by atoms with Gasteiger partial charge < -0.3 is 9.63 Å². The average Bonchev–Trinajstić information content (AvgIpc) is 1.96. The van der Waals surface area contributed by atoms with Gasteiger partial charge in [-0.05, 0) is 13.3 Å². The quantitative estimate of drug-likeness (QED) is 0.444. The minimum absolute atomic E-state index is 0.0531. The molecule has 6 nitrogen and oxygen atoms in total. The Hall–Kier alpha value is -0.680. The number of aliphatic hydroxyl groups excluding tert-OH is 1. The summed E-state index contributed by atoms with van der Waals surface area (Å²) in [6.45, 7) is 1.20. The number of hydrogen-bond acceptors (Lipinski definition) is 4. The van der Waals surface area contributed by atoms with Gasteiger partial charge in [0.25, 0.3) is 0 Å². The fourth-order valence-electron chi connectivity index (χ4n) is 0.544. The van der Waals surface area contributed by atoms with E-state index < -0.39 is 13.8 Å². The van der Waals surface area contributed by atoms with Crippen molar-refractivity contribution in [3.05, 3.63) is 11.6 Å². The standard InChI is InChI=1S/C6H11O6P/c1-5(3-2-4-7)6(8)12-13(9,10)11/h3,7H,2,4H2,1H3,(H2,9,10,11)/b5-3+. The highest BCUT2D eigenvalue weighted by molar-refractivity contribution is 7.46. The SMILES string of the molecule is C/C(=C\CCO)C(=O)OP(=O)(O)O. The molecule has 0 aromatic rings. The van der Waals surface area contributed by atoms with Crippen LogP contribution in [0.1, 0.15) is 13.3 Å². The van der Waals surface area contributed by atoms with E-state index in [1.54, 1.807) is 0 Å². The number of phosphoric acid groups is 1. The summed E-state index contributed by atoms with van der Waals surface area (Å²) in [5.41, 5.74) is 0.0531. The first-order chi connectivity index (χ1) is 5.87. The van der Waals surface area contributed by atoms with Crippen LogP contribution in [-0.2, 0) is 13.9 Å². The summed E-state index contributed by atoms with van der Waals surface area (Å²) in [6.07, 6.45) is 1.57. The molecule has 0 fully saturated rings. The largest absolute Gasteiger partial charge is 0.527 e. The first-order valence-corrected chi connectivity index (χ1v) is 4.97. The lowest BCUT2D eigenvalue weighted by molar-refractivity contribution is -0.131. The van der Waals surface area contributed by atoms with Crippen molar-refractivity contribution in [3.8, 4) is 0 Å². The molecule has 0 aromatic carbocycles. The first kappa shape index (κ1) is 12.3. The monoisotopic (exact) mass is 210 g/mol. The van der Waals surface area contributed by atoms with Crippen molar-refractivity contribution in [1.82, 2.24) is 0 Å². The minimum Gasteiger partial charge on any atom is -0.396 e. The van der Waals surface area contributed by atoms with Crippen LogP contribution in [0.5, 0.6) is 0 Å². The molecule has 0 aliphatic rings. The van der Waals surface area contributed by atoms with E-state index in [0.717, 1.165) is 0 Å². The summed E-state index contributed by atoms with van der Waals surface area (Å²) in [7, 11) is -4.76. The number of carbonyl (C=O) groups excluding carboxylic acids is 1. The fourth-order valence-corrected chi connectivity index (χ4v) is 0.904. The van der Waals surface area contributed by atoms with Crippen molar-refractivity contribution >= 4 is 13.8 Å². The van der Waals surface area contributed by atoms with Gasteiger partial charge in [-0.1, -0.05) is 6.08 Å². The van der Waals surface area contributed by atoms with Crippen molar-refractivity contribution in [2.24, 2.45) is 0 Å². The lowest BCUT2D eigenvalue weighted by Gasteiger charge is -2.04. The van der Waals surface area contributed by atoms with Gasteiger partial charge in [-0.3, -0.25) is 9.79 Å². The highest BCUT2D eigenvalue weighted by atomic mass is 31.2. The average molecular weight is 210 g/mol.